The molecule has 0 spiro atoms. The fourth-order valence-corrected chi connectivity index (χ4v) is 1.73. The fraction of sp³-hybridized carbons (Fsp3) is 0.500. The quantitative estimate of drug-likeness (QED) is 0.853. The second kappa shape index (κ2) is 5.71. The largest absolute Gasteiger partial charge is 0.490 e. The molecule has 0 aliphatic carbocycles. The molecule has 3 nitrogen and oxygen atoms in total. The summed E-state index contributed by atoms with van der Waals surface area (Å²) in [6, 6.07) is 4.11. The summed E-state index contributed by atoms with van der Waals surface area (Å²) >= 11 is 0. The lowest BCUT2D eigenvalue weighted by Gasteiger charge is -2.17. The van der Waals surface area contributed by atoms with Crippen LogP contribution in [0.4, 0.5) is 0 Å². The Morgan fingerprint density at radius 2 is 2.00 bits per heavy atom. The predicted molar refractivity (Wildman–Crippen MR) is 67.6 cm³/mol. The van der Waals surface area contributed by atoms with Gasteiger partial charge in [0.1, 0.15) is 5.75 Å². The van der Waals surface area contributed by atoms with Crippen molar-refractivity contribution in [3.63, 3.8) is 0 Å². The van der Waals surface area contributed by atoms with Gasteiger partial charge in [0.15, 0.2) is 0 Å². The third-order valence-electron chi connectivity index (χ3n) is 2.86. The first-order chi connectivity index (χ1) is 7.90. The second-order valence-corrected chi connectivity index (χ2v) is 4.57. The molecule has 0 amide bonds. The number of hydrogen-bond donors (Lipinski definition) is 1. The minimum Gasteiger partial charge on any atom is -0.490 e. The monoisotopic (exact) mass is 236 g/mol. The van der Waals surface area contributed by atoms with E-state index in [1.807, 2.05) is 26.8 Å². The second-order valence-electron chi connectivity index (χ2n) is 4.57. The van der Waals surface area contributed by atoms with Crippen molar-refractivity contribution in [2.75, 3.05) is 0 Å². The van der Waals surface area contributed by atoms with Crippen LogP contribution >= 0.6 is 0 Å². The maximum atomic E-state index is 10.5. The van der Waals surface area contributed by atoms with Crippen LogP contribution in [-0.4, -0.2) is 17.2 Å². The van der Waals surface area contributed by atoms with E-state index in [4.69, 9.17) is 9.84 Å². The minimum atomic E-state index is -0.780. The number of aryl methyl sites for hydroxylation is 2. The summed E-state index contributed by atoms with van der Waals surface area (Å²) in [6.07, 6.45) is 0.596. The maximum Gasteiger partial charge on any atom is 0.303 e. The van der Waals surface area contributed by atoms with Crippen LogP contribution in [0.2, 0.25) is 0 Å². The van der Waals surface area contributed by atoms with Gasteiger partial charge in [-0.1, -0.05) is 6.07 Å². The van der Waals surface area contributed by atoms with Crippen LogP contribution in [0.5, 0.6) is 5.75 Å². The Morgan fingerprint density at radius 1 is 1.35 bits per heavy atom. The Kier molecular flexibility index (Phi) is 4.55. The summed E-state index contributed by atoms with van der Waals surface area (Å²) in [5.74, 6) is 0.0815. The summed E-state index contributed by atoms with van der Waals surface area (Å²) in [7, 11) is 0. The number of carboxylic acid groups (broad SMARTS) is 1. The summed E-state index contributed by atoms with van der Waals surface area (Å²) in [5.41, 5.74) is 3.48. The Balaban J connectivity index is 2.71. The van der Waals surface area contributed by atoms with Crippen molar-refractivity contribution in [3.05, 3.63) is 28.8 Å². The Morgan fingerprint density at radius 3 is 2.59 bits per heavy atom. The van der Waals surface area contributed by atoms with Crippen LogP contribution in [0.25, 0.3) is 0 Å². The first kappa shape index (κ1) is 13.6. The van der Waals surface area contributed by atoms with E-state index in [9.17, 15) is 4.79 Å². The van der Waals surface area contributed by atoms with E-state index in [1.165, 1.54) is 5.56 Å². The van der Waals surface area contributed by atoms with E-state index in [-0.39, 0.29) is 12.5 Å². The van der Waals surface area contributed by atoms with Gasteiger partial charge < -0.3 is 9.84 Å². The van der Waals surface area contributed by atoms with Gasteiger partial charge in [-0.2, -0.15) is 0 Å². The highest BCUT2D eigenvalue weighted by Crippen LogP contribution is 2.24. The van der Waals surface area contributed by atoms with Gasteiger partial charge in [-0.3, -0.25) is 4.79 Å². The Hall–Kier alpha value is -1.51. The molecule has 94 valence electrons. The van der Waals surface area contributed by atoms with Crippen molar-refractivity contribution in [2.45, 2.75) is 46.6 Å². The lowest BCUT2D eigenvalue weighted by atomic mass is 10.1. The van der Waals surface area contributed by atoms with Crippen LogP contribution in [0.1, 0.15) is 36.5 Å². The van der Waals surface area contributed by atoms with Gasteiger partial charge in [-0.15, -0.1) is 0 Å². The molecule has 1 unspecified atom stereocenters. The van der Waals surface area contributed by atoms with Gasteiger partial charge in [-0.05, 0) is 56.9 Å². The van der Waals surface area contributed by atoms with E-state index >= 15 is 0 Å². The molecule has 17 heavy (non-hydrogen) atoms. The van der Waals surface area contributed by atoms with Crippen molar-refractivity contribution in [3.8, 4) is 5.75 Å². The van der Waals surface area contributed by atoms with Crippen molar-refractivity contribution in [1.29, 1.82) is 0 Å². The Bertz CT molecular complexity index is 410. The fourth-order valence-electron chi connectivity index (χ4n) is 1.73. The van der Waals surface area contributed by atoms with E-state index in [0.717, 1.165) is 16.9 Å². The molecule has 0 aromatic heterocycles. The van der Waals surface area contributed by atoms with E-state index < -0.39 is 5.97 Å². The molecule has 0 fully saturated rings. The SMILES string of the molecule is Cc1cc(C)c(C)c(OC(C)CCC(=O)O)c1. The lowest BCUT2D eigenvalue weighted by molar-refractivity contribution is -0.137. The van der Waals surface area contributed by atoms with Gasteiger partial charge in [0.25, 0.3) is 0 Å². The zero-order valence-electron chi connectivity index (χ0n) is 10.9. The predicted octanol–water partition coefficient (Wildman–Crippen LogP) is 3.24. The van der Waals surface area contributed by atoms with Gasteiger partial charge in [-0.25, -0.2) is 0 Å². The number of carboxylic acids is 1. The molecule has 0 saturated heterocycles. The molecular formula is C14H20O3. The van der Waals surface area contributed by atoms with Crippen LogP contribution in [0.15, 0.2) is 12.1 Å². The molecule has 0 heterocycles. The van der Waals surface area contributed by atoms with Crippen LogP contribution in [0, 0.1) is 20.8 Å². The molecule has 0 bridgehead atoms. The van der Waals surface area contributed by atoms with Gasteiger partial charge in [0.2, 0.25) is 0 Å². The maximum absolute atomic E-state index is 10.5. The molecule has 0 aliphatic rings. The number of carbonyl (C=O) groups is 1. The van der Waals surface area contributed by atoms with E-state index in [1.54, 1.807) is 0 Å². The van der Waals surface area contributed by atoms with E-state index in [0.29, 0.717) is 6.42 Å². The van der Waals surface area contributed by atoms with Crippen LogP contribution in [-0.2, 0) is 4.79 Å². The van der Waals surface area contributed by atoms with Crippen molar-refractivity contribution in [1.82, 2.24) is 0 Å². The zero-order valence-corrected chi connectivity index (χ0v) is 10.9. The molecule has 1 aromatic carbocycles. The molecule has 1 aromatic rings. The van der Waals surface area contributed by atoms with Crippen molar-refractivity contribution >= 4 is 5.97 Å². The van der Waals surface area contributed by atoms with Crippen molar-refractivity contribution in [2.24, 2.45) is 0 Å². The zero-order chi connectivity index (χ0) is 13.0. The topological polar surface area (TPSA) is 46.5 Å². The molecule has 0 aliphatic heterocycles. The molecule has 3 heteroatoms. The summed E-state index contributed by atoms with van der Waals surface area (Å²) in [6.45, 7) is 8.01. The minimum absolute atomic E-state index is 0.0778. The van der Waals surface area contributed by atoms with Gasteiger partial charge in [0, 0.05) is 6.42 Å². The normalized spacial score (nSPS) is 12.2. The molecule has 0 radical (unpaired) electrons. The van der Waals surface area contributed by atoms with Crippen LogP contribution in [0.3, 0.4) is 0 Å². The third-order valence-corrected chi connectivity index (χ3v) is 2.86. The van der Waals surface area contributed by atoms with Crippen LogP contribution < -0.4 is 4.74 Å². The molecule has 1 atom stereocenters. The highest BCUT2D eigenvalue weighted by molar-refractivity contribution is 5.66. The number of aliphatic carboxylic acids is 1. The third kappa shape index (κ3) is 4.10. The summed E-state index contributed by atoms with van der Waals surface area (Å²) < 4.78 is 5.79. The average Bonchev–Trinajstić information content (AvgIpc) is 2.22. The lowest BCUT2D eigenvalue weighted by Crippen LogP contribution is -2.14. The number of hydrogen-bond acceptors (Lipinski definition) is 2. The first-order valence-electron chi connectivity index (χ1n) is 5.86. The number of rotatable bonds is 5. The van der Waals surface area contributed by atoms with E-state index in [2.05, 4.69) is 13.0 Å². The smallest absolute Gasteiger partial charge is 0.303 e. The number of benzene rings is 1. The van der Waals surface area contributed by atoms with Gasteiger partial charge >= 0.3 is 5.97 Å². The molecule has 1 N–H and O–H groups in total. The molecular weight excluding hydrogens is 216 g/mol. The number of ether oxygens (including phenoxy) is 1. The highest BCUT2D eigenvalue weighted by Gasteiger charge is 2.10. The van der Waals surface area contributed by atoms with Gasteiger partial charge in [0.05, 0.1) is 6.10 Å². The van der Waals surface area contributed by atoms with Crippen molar-refractivity contribution < 1.29 is 14.6 Å². The average molecular weight is 236 g/mol. The first-order valence-corrected chi connectivity index (χ1v) is 5.86. The highest BCUT2D eigenvalue weighted by atomic mass is 16.5. The Labute approximate surface area is 102 Å². The molecule has 1 rings (SSSR count). The summed E-state index contributed by atoms with van der Waals surface area (Å²) in [5, 5.41) is 8.62. The molecule has 0 saturated carbocycles. The summed E-state index contributed by atoms with van der Waals surface area (Å²) in [4.78, 5) is 10.5. The standard InChI is InChI=1S/C14H20O3/c1-9-7-10(2)12(4)13(8-9)17-11(3)5-6-14(15)16/h7-8,11H,5-6H2,1-4H3,(H,15,16).